The molecule has 61 heavy (non-hydrogen) atoms. The molecule has 0 bridgehead atoms. The molecule has 0 unspecified atom stereocenters. The lowest BCUT2D eigenvalue weighted by molar-refractivity contribution is 0.669. The van der Waals surface area contributed by atoms with E-state index in [4.69, 9.17) is 19.8 Å². The van der Waals surface area contributed by atoms with Crippen LogP contribution in [0.5, 0.6) is 0 Å². The van der Waals surface area contributed by atoms with Crippen LogP contribution in [0.4, 0.5) is 0 Å². The summed E-state index contributed by atoms with van der Waals surface area (Å²) in [7, 11) is 0. The smallest absolute Gasteiger partial charge is 0.161 e. The van der Waals surface area contributed by atoms with Crippen LogP contribution in [0, 0.1) is 5.41 Å². The lowest BCUT2D eigenvalue weighted by Gasteiger charge is -2.13. The summed E-state index contributed by atoms with van der Waals surface area (Å²) in [5, 5.41) is 18.5. The Morgan fingerprint density at radius 3 is 2.07 bits per heavy atom. The number of aromatic nitrogens is 1. The summed E-state index contributed by atoms with van der Waals surface area (Å²) in [4.78, 5) is 9.72. The number of amidine groups is 2. The highest BCUT2D eigenvalue weighted by molar-refractivity contribution is 7.26. The Hall–Kier alpha value is -7.93. The van der Waals surface area contributed by atoms with Gasteiger partial charge in [-0.05, 0) is 76.0 Å². The first-order chi connectivity index (χ1) is 30.2. The summed E-state index contributed by atoms with van der Waals surface area (Å²) in [6.07, 6.45) is 1.86. The molecular formula is C55H34N4OS. The predicted molar refractivity (Wildman–Crippen MR) is 258 cm³/mol. The van der Waals surface area contributed by atoms with Crippen LogP contribution in [0.3, 0.4) is 0 Å². The van der Waals surface area contributed by atoms with E-state index in [1.165, 1.54) is 63.9 Å². The van der Waals surface area contributed by atoms with Gasteiger partial charge in [0, 0.05) is 59.1 Å². The van der Waals surface area contributed by atoms with E-state index in [9.17, 15) is 0 Å². The fourth-order valence-corrected chi connectivity index (χ4v) is 10.1. The number of hydrogen-bond acceptors (Lipinski definition) is 3. The molecule has 1 N–H and O–H groups in total. The Morgan fingerprint density at radius 2 is 1.21 bits per heavy atom. The van der Waals surface area contributed by atoms with Crippen LogP contribution < -0.4 is 0 Å². The standard InChI is InChI=1S/C55H34N4OS/c56-54(37-27-29-40-39-19-10-12-24-48(39)60-49(40)31-37)58-55(36-16-5-2-6-17-36)57-33-34-26-28-43-51(30-34)61-50-25-13-23-46(53(43)50)59-45-22-11-9-21-42(45)52-41-20-8-7-18-38(41)44(32-47(52)59)35-14-3-1-4-15-35/h1-33,56H. The molecule has 0 saturated heterocycles. The lowest BCUT2D eigenvalue weighted by atomic mass is 9.95. The van der Waals surface area contributed by atoms with Crippen molar-refractivity contribution < 1.29 is 4.42 Å². The van der Waals surface area contributed by atoms with Crippen LogP contribution >= 0.6 is 11.3 Å². The molecule has 0 aliphatic carbocycles. The Morgan fingerprint density at radius 1 is 0.508 bits per heavy atom. The summed E-state index contributed by atoms with van der Waals surface area (Å²) in [5.41, 5.74) is 9.94. The summed E-state index contributed by atoms with van der Waals surface area (Å²) in [6.45, 7) is 0. The Labute approximate surface area is 354 Å². The molecule has 0 fully saturated rings. The van der Waals surface area contributed by atoms with Crippen LogP contribution in [0.15, 0.2) is 209 Å². The zero-order chi connectivity index (χ0) is 40.4. The average molecular weight is 799 g/mol. The van der Waals surface area contributed by atoms with Crippen molar-refractivity contribution in [3.05, 3.63) is 211 Å². The topological polar surface area (TPSA) is 66.6 Å². The number of furan rings is 1. The van der Waals surface area contributed by atoms with E-state index in [0.29, 0.717) is 11.4 Å². The number of nitrogens with zero attached hydrogens (tertiary/aromatic N) is 3. The van der Waals surface area contributed by atoms with E-state index in [1.54, 1.807) is 11.3 Å². The minimum absolute atomic E-state index is 0.111. The van der Waals surface area contributed by atoms with E-state index in [1.807, 2.05) is 72.9 Å². The molecule has 6 heteroatoms. The van der Waals surface area contributed by atoms with Crippen molar-refractivity contribution in [1.82, 2.24) is 4.57 Å². The highest BCUT2D eigenvalue weighted by Crippen LogP contribution is 2.44. The SMILES string of the molecule is N=C(N=C(N=Cc1ccc2c(c1)sc1cccc(-n3c4ccccc4c4c5ccccc5c(-c5ccccc5)cc43)c12)c1ccccc1)c1ccc2c(c1)oc1ccccc12. The zero-order valence-electron chi connectivity index (χ0n) is 32.7. The minimum atomic E-state index is 0.111. The van der Waals surface area contributed by atoms with Crippen molar-refractivity contribution in [2.75, 3.05) is 0 Å². The summed E-state index contributed by atoms with van der Waals surface area (Å²) >= 11 is 1.79. The summed E-state index contributed by atoms with van der Waals surface area (Å²) < 4.78 is 11.0. The fourth-order valence-electron chi connectivity index (χ4n) is 8.97. The molecule has 12 rings (SSSR count). The molecular weight excluding hydrogens is 765 g/mol. The maximum absolute atomic E-state index is 9.04. The van der Waals surface area contributed by atoms with E-state index >= 15 is 0 Å². The Bertz CT molecular complexity index is 3780. The maximum atomic E-state index is 9.04. The van der Waals surface area contributed by atoms with Crippen LogP contribution in [-0.2, 0) is 0 Å². The molecule has 0 atom stereocenters. The van der Waals surface area contributed by atoms with Gasteiger partial charge in [0.1, 0.15) is 11.2 Å². The first kappa shape index (κ1) is 35.1. The number of hydrogen-bond donors (Lipinski definition) is 1. The van der Waals surface area contributed by atoms with Gasteiger partial charge in [-0.2, -0.15) is 0 Å². The second kappa shape index (κ2) is 14.1. The van der Waals surface area contributed by atoms with Crippen LogP contribution in [-0.4, -0.2) is 22.5 Å². The number of fused-ring (bicyclic) bond motifs is 11. The van der Waals surface area contributed by atoms with Crippen molar-refractivity contribution in [3.8, 4) is 16.8 Å². The lowest BCUT2D eigenvalue weighted by Crippen LogP contribution is -2.04. The van der Waals surface area contributed by atoms with Gasteiger partial charge in [-0.3, -0.25) is 5.41 Å². The molecule has 0 spiro atoms. The van der Waals surface area contributed by atoms with Gasteiger partial charge < -0.3 is 8.98 Å². The van der Waals surface area contributed by atoms with Crippen LogP contribution in [0.25, 0.3) is 91.5 Å². The van der Waals surface area contributed by atoms with Gasteiger partial charge in [-0.1, -0.05) is 146 Å². The van der Waals surface area contributed by atoms with Gasteiger partial charge in [-0.25, -0.2) is 9.98 Å². The van der Waals surface area contributed by atoms with Gasteiger partial charge in [0.2, 0.25) is 0 Å². The second-order valence-electron chi connectivity index (χ2n) is 15.3. The Kier molecular flexibility index (Phi) is 8.11. The average Bonchev–Trinajstić information content (AvgIpc) is 3.99. The third-order valence-corrected chi connectivity index (χ3v) is 12.9. The van der Waals surface area contributed by atoms with Crippen LogP contribution in [0.2, 0.25) is 0 Å². The number of aliphatic imine (C=N–C) groups is 2. The first-order valence-corrected chi connectivity index (χ1v) is 21.1. The van der Waals surface area contributed by atoms with Gasteiger partial charge in [0.15, 0.2) is 11.7 Å². The van der Waals surface area contributed by atoms with Crippen molar-refractivity contribution in [1.29, 1.82) is 5.41 Å². The highest BCUT2D eigenvalue weighted by Gasteiger charge is 2.20. The van der Waals surface area contributed by atoms with Gasteiger partial charge in [0.25, 0.3) is 0 Å². The summed E-state index contributed by atoms with van der Waals surface area (Å²) in [6, 6.07) is 67.6. The fraction of sp³-hybridized carbons (Fsp3) is 0. The summed E-state index contributed by atoms with van der Waals surface area (Å²) in [5.74, 6) is 0.572. The van der Waals surface area contributed by atoms with E-state index in [2.05, 4.69) is 132 Å². The Balaban J connectivity index is 0.972. The maximum Gasteiger partial charge on any atom is 0.161 e. The molecule has 3 heterocycles. The molecule has 3 aromatic heterocycles. The van der Waals surface area contributed by atoms with Crippen LogP contribution in [0.1, 0.15) is 16.7 Å². The van der Waals surface area contributed by atoms with Gasteiger partial charge in [0.05, 0.1) is 16.7 Å². The largest absolute Gasteiger partial charge is 0.456 e. The molecule has 0 aliphatic heterocycles. The molecule has 286 valence electrons. The van der Waals surface area contributed by atoms with E-state index in [0.717, 1.165) is 38.8 Å². The molecule has 0 aliphatic rings. The molecule has 0 saturated carbocycles. The van der Waals surface area contributed by atoms with E-state index in [-0.39, 0.29) is 5.84 Å². The molecule has 5 nitrogen and oxygen atoms in total. The van der Waals surface area contributed by atoms with E-state index < -0.39 is 0 Å². The van der Waals surface area contributed by atoms with Crippen molar-refractivity contribution >= 4 is 104 Å². The zero-order valence-corrected chi connectivity index (χ0v) is 33.5. The van der Waals surface area contributed by atoms with Crippen molar-refractivity contribution in [3.63, 3.8) is 0 Å². The first-order valence-electron chi connectivity index (χ1n) is 20.3. The van der Waals surface area contributed by atoms with Gasteiger partial charge in [-0.15, -0.1) is 11.3 Å². The molecule has 9 aromatic carbocycles. The highest BCUT2D eigenvalue weighted by atomic mass is 32.1. The number of para-hydroxylation sites is 2. The molecule has 0 radical (unpaired) electrons. The molecule has 12 aromatic rings. The van der Waals surface area contributed by atoms with Crippen molar-refractivity contribution in [2.45, 2.75) is 0 Å². The third kappa shape index (κ3) is 5.80. The normalized spacial score (nSPS) is 12.4. The van der Waals surface area contributed by atoms with Gasteiger partial charge >= 0.3 is 0 Å². The molecule has 0 amide bonds. The minimum Gasteiger partial charge on any atom is -0.456 e. The third-order valence-electron chi connectivity index (χ3n) is 11.7. The number of nitrogens with one attached hydrogen (secondary N) is 1. The monoisotopic (exact) mass is 798 g/mol. The number of benzene rings is 9. The quantitative estimate of drug-likeness (QED) is 0.137. The number of thiophene rings is 1. The van der Waals surface area contributed by atoms with Crippen molar-refractivity contribution in [2.24, 2.45) is 9.98 Å². The predicted octanol–water partition coefficient (Wildman–Crippen LogP) is 14.8. The number of rotatable bonds is 5. The second-order valence-corrected chi connectivity index (χ2v) is 16.4.